The van der Waals surface area contributed by atoms with Gasteiger partial charge in [-0.3, -0.25) is 0 Å². The molecule has 1 heterocycles. The number of carbonyl (C=O) groups excluding carboxylic acids is 1. The third-order valence-corrected chi connectivity index (χ3v) is 5.25. The van der Waals surface area contributed by atoms with E-state index in [4.69, 9.17) is 30.3 Å². The zero-order valence-electron chi connectivity index (χ0n) is 17.9. The van der Waals surface area contributed by atoms with Crippen LogP contribution in [0.1, 0.15) is 32.4 Å². The summed E-state index contributed by atoms with van der Waals surface area (Å²) in [5, 5.41) is 4.80. The third kappa shape index (κ3) is 6.01. The Labute approximate surface area is 187 Å². The van der Waals surface area contributed by atoms with E-state index in [-0.39, 0.29) is 0 Å². The molecule has 0 fully saturated rings. The van der Waals surface area contributed by atoms with Gasteiger partial charge >= 0.3 is 5.97 Å². The second kappa shape index (κ2) is 10.4. The molecule has 1 unspecified atom stereocenters. The molecule has 0 spiro atoms. The lowest BCUT2D eigenvalue weighted by atomic mass is 10.0. The molecule has 31 heavy (non-hydrogen) atoms. The van der Waals surface area contributed by atoms with Gasteiger partial charge in [-0.15, -0.1) is 0 Å². The molecule has 1 aromatic heterocycles. The van der Waals surface area contributed by atoms with E-state index >= 15 is 0 Å². The predicted octanol–water partition coefficient (Wildman–Crippen LogP) is 5.73. The number of nitrogens with zero attached hydrogens (tertiary/aromatic N) is 1. The predicted molar refractivity (Wildman–Crippen MR) is 119 cm³/mol. The molecule has 0 saturated carbocycles. The van der Waals surface area contributed by atoms with Gasteiger partial charge in [0.2, 0.25) is 5.60 Å². The Bertz CT molecular complexity index is 984. The second-order valence-electron chi connectivity index (χ2n) is 7.29. The maximum absolute atomic E-state index is 11.9. The third-order valence-electron chi connectivity index (χ3n) is 4.99. The first-order chi connectivity index (χ1) is 14.9. The van der Waals surface area contributed by atoms with Gasteiger partial charge in [0.25, 0.3) is 0 Å². The highest BCUT2D eigenvalue weighted by molar-refractivity contribution is 6.30. The number of carbonyl (C=O) groups is 1. The summed E-state index contributed by atoms with van der Waals surface area (Å²) < 4.78 is 21.9. The molecule has 7 heteroatoms. The summed E-state index contributed by atoms with van der Waals surface area (Å²) in [6, 6.07) is 16.6. The zero-order valence-corrected chi connectivity index (χ0v) is 18.6. The summed E-state index contributed by atoms with van der Waals surface area (Å²) in [5.41, 5.74) is 0.734. The summed E-state index contributed by atoms with van der Waals surface area (Å²) in [6.07, 6.45) is 2.00. The Balaban J connectivity index is 1.46. The van der Waals surface area contributed by atoms with Gasteiger partial charge in [-0.25, -0.2) is 4.79 Å². The highest BCUT2D eigenvalue weighted by atomic mass is 35.5. The highest BCUT2D eigenvalue weighted by Crippen LogP contribution is 2.25. The first kappa shape index (κ1) is 22.7. The van der Waals surface area contributed by atoms with E-state index in [9.17, 15) is 4.79 Å². The molecule has 1 atom stereocenters. The molecule has 0 bridgehead atoms. The van der Waals surface area contributed by atoms with E-state index in [1.54, 1.807) is 19.1 Å². The molecular weight excluding hydrogens is 418 g/mol. The Morgan fingerprint density at radius 2 is 1.77 bits per heavy atom. The SMILES string of the molecule is CCC(C)(Oc1ccc(OCCCc2cc(-c3ccc(Cl)cc3)no2)cc1)C(=O)OC. The van der Waals surface area contributed by atoms with Crippen LogP contribution >= 0.6 is 11.6 Å². The molecule has 0 aliphatic rings. The van der Waals surface area contributed by atoms with Crippen molar-refractivity contribution < 1.29 is 23.5 Å². The highest BCUT2D eigenvalue weighted by Gasteiger charge is 2.34. The van der Waals surface area contributed by atoms with Crippen LogP contribution in [0.2, 0.25) is 5.02 Å². The molecule has 3 aromatic rings. The number of ether oxygens (including phenoxy) is 3. The smallest absolute Gasteiger partial charge is 0.349 e. The summed E-state index contributed by atoms with van der Waals surface area (Å²) in [4.78, 5) is 11.9. The minimum atomic E-state index is -1.01. The summed E-state index contributed by atoms with van der Waals surface area (Å²) in [5.74, 6) is 1.71. The van der Waals surface area contributed by atoms with Crippen molar-refractivity contribution in [2.75, 3.05) is 13.7 Å². The van der Waals surface area contributed by atoms with E-state index in [0.717, 1.165) is 35.6 Å². The van der Waals surface area contributed by atoms with Crippen molar-refractivity contribution in [2.45, 2.75) is 38.7 Å². The number of halogens is 1. The van der Waals surface area contributed by atoms with Crippen molar-refractivity contribution >= 4 is 17.6 Å². The molecule has 3 rings (SSSR count). The van der Waals surface area contributed by atoms with Gasteiger partial charge in [0, 0.05) is 23.1 Å². The number of methoxy groups -OCH3 is 1. The fourth-order valence-corrected chi connectivity index (χ4v) is 3.09. The standard InChI is InChI=1S/C24H26ClNO5/c1-4-24(2,23(27)28-3)30-20-13-11-19(12-14-20)29-15-5-6-21-16-22(26-31-21)17-7-9-18(25)10-8-17/h7-14,16H,4-6,15H2,1-3H3. The molecular formula is C24H26ClNO5. The summed E-state index contributed by atoms with van der Waals surface area (Å²) in [6.45, 7) is 4.12. The van der Waals surface area contributed by atoms with Crippen LogP contribution in [0.5, 0.6) is 11.5 Å². The number of benzene rings is 2. The van der Waals surface area contributed by atoms with Gasteiger partial charge < -0.3 is 18.7 Å². The molecule has 6 nitrogen and oxygen atoms in total. The molecule has 0 N–H and O–H groups in total. The zero-order chi connectivity index (χ0) is 22.3. The van der Waals surface area contributed by atoms with E-state index in [1.807, 2.05) is 49.4 Å². The topological polar surface area (TPSA) is 70.8 Å². The lowest BCUT2D eigenvalue weighted by Gasteiger charge is -2.26. The van der Waals surface area contributed by atoms with Gasteiger partial charge in [-0.1, -0.05) is 35.8 Å². The van der Waals surface area contributed by atoms with E-state index in [2.05, 4.69) is 5.16 Å². The molecule has 2 aromatic carbocycles. The lowest BCUT2D eigenvalue weighted by Crippen LogP contribution is -2.41. The second-order valence-corrected chi connectivity index (χ2v) is 7.72. The number of rotatable bonds is 10. The minimum Gasteiger partial charge on any atom is -0.494 e. The summed E-state index contributed by atoms with van der Waals surface area (Å²) in [7, 11) is 1.35. The monoisotopic (exact) mass is 443 g/mol. The van der Waals surface area contributed by atoms with E-state index in [0.29, 0.717) is 23.8 Å². The van der Waals surface area contributed by atoms with E-state index in [1.165, 1.54) is 7.11 Å². The van der Waals surface area contributed by atoms with Crippen LogP contribution < -0.4 is 9.47 Å². The largest absolute Gasteiger partial charge is 0.494 e. The molecule has 0 radical (unpaired) electrons. The average Bonchev–Trinajstić information content (AvgIpc) is 3.26. The Morgan fingerprint density at radius 1 is 1.10 bits per heavy atom. The van der Waals surface area contributed by atoms with Gasteiger partial charge in [0.1, 0.15) is 23.0 Å². The maximum Gasteiger partial charge on any atom is 0.349 e. The quantitative estimate of drug-likeness (QED) is 0.294. The number of aryl methyl sites for hydroxylation is 1. The average molecular weight is 444 g/mol. The number of hydrogen-bond donors (Lipinski definition) is 0. The Kier molecular flexibility index (Phi) is 7.58. The van der Waals surface area contributed by atoms with Crippen LogP contribution in [0.15, 0.2) is 59.1 Å². The van der Waals surface area contributed by atoms with Crippen LogP contribution in [0.25, 0.3) is 11.3 Å². The van der Waals surface area contributed by atoms with Crippen molar-refractivity contribution in [1.29, 1.82) is 0 Å². The lowest BCUT2D eigenvalue weighted by molar-refractivity contribution is -0.157. The van der Waals surface area contributed by atoms with Crippen LogP contribution in [-0.4, -0.2) is 30.4 Å². The molecule has 0 saturated heterocycles. The van der Waals surface area contributed by atoms with Crippen LogP contribution in [0.3, 0.4) is 0 Å². The first-order valence-electron chi connectivity index (χ1n) is 10.2. The van der Waals surface area contributed by atoms with Gasteiger partial charge in [-0.2, -0.15) is 0 Å². The summed E-state index contributed by atoms with van der Waals surface area (Å²) >= 11 is 5.92. The Hall–Kier alpha value is -2.99. The molecule has 164 valence electrons. The number of esters is 1. The first-order valence-corrected chi connectivity index (χ1v) is 10.5. The van der Waals surface area contributed by atoms with Crippen molar-refractivity contribution in [3.63, 3.8) is 0 Å². The maximum atomic E-state index is 11.9. The van der Waals surface area contributed by atoms with Crippen LogP contribution in [0.4, 0.5) is 0 Å². The molecule has 0 aliphatic carbocycles. The molecule has 0 aliphatic heterocycles. The van der Waals surface area contributed by atoms with Crippen molar-refractivity contribution in [2.24, 2.45) is 0 Å². The van der Waals surface area contributed by atoms with E-state index < -0.39 is 11.6 Å². The normalized spacial score (nSPS) is 12.8. The van der Waals surface area contributed by atoms with Crippen molar-refractivity contribution in [1.82, 2.24) is 5.16 Å². The number of aromatic nitrogens is 1. The van der Waals surface area contributed by atoms with Crippen LogP contribution in [0, 0.1) is 0 Å². The fraction of sp³-hybridized carbons (Fsp3) is 0.333. The van der Waals surface area contributed by atoms with Gasteiger partial charge in [-0.05, 0) is 56.2 Å². The minimum absolute atomic E-state index is 0.401. The van der Waals surface area contributed by atoms with Crippen LogP contribution in [-0.2, 0) is 16.0 Å². The molecule has 0 amide bonds. The van der Waals surface area contributed by atoms with Gasteiger partial charge in [0.15, 0.2) is 0 Å². The Morgan fingerprint density at radius 3 is 2.42 bits per heavy atom. The number of hydrogen-bond acceptors (Lipinski definition) is 6. The van der Waals surface area contributed by atoms with Crippen molar-refractivity contribution in [3.05, 3.63) is 65.4 Å². The van der Waals surface area contributed by atoms with Gasteiger partial charge in [0.05, 0.1) is 13.7 Å². The fourth-order valence-electron chi connectivity index (χ4n) is 2.96. The van der Waals surface area contributed by atoms with Crippen molar-refractivity contribution in [3.8, 4) is 22.8 Å².